The SMILES string of the molecule is CN(CC(=O)N(C)C)CC(=O)N1CCN(C(c2ccccc2)c2ccccc2)CC1. The smallest absolute Gasteiger partial charge is 0.236 e. The van der Waals surface area contributed by atoms with E-state index in [0.717, 1.165) is 13.1 Å². The molecule has 0 N–H and O–H groups in total. The lowest BCUT2D eigenvalue weighted by Gasteiger charge is -2.40. The summed E-state index contributed by atoms with van der Waals surface area (Å²) in [6.45, 7) is 3.55. The quantitative estimate of drug-likeness (QED) is 0.703. The number of likely N-dealkylation sites (N-methyl/N-ethyl adjacent to an activating group) is 2. The zero-order chi connectivity index (χ0) is 21.5. The Bertz CT molecular complexity index is 778. The Morgan fingerprint density at radius 1 is 0.800 bits per heavy atom. The Kier molecular flexibility index (Phi) is 7.60. The van der Waals surface area contributed by atoms with Crippen molar-refractivity contribution in [3.63, 3.8) is 0 Å². The third-order valence-electron chi connectivity index (χ3n) is 5.57. The maximum Gasteiger partial charge on any atom is 0.236 e. The summed E-state index contributed by atoms with van der Waals surface area (Å²) in [4.78, 5) is 32.3. The second-order valence-electron chi connectivity index (χ2n) is 8.10. The summed E-state index contributed by atoms with van der Waals surface area (Å²) < 4.78 is 0. The van der Waals surface area contributed by atoms with Crippen LogP contribution in [0.15, 0.2) is 60.7 Å². The average Bonchev–Trinajstić information content (AvgIpc) is 2.75. The van der Waals surface area contributed by atoms with E-state index in [9.17, 15) is 9.59 Å². The molecule has 0 saturated carbocycles. The molecule has 1 heterocycles. The Morgan fingerprint density at radius 3 is 1.77 bits per heavy atom. The molecule has 1 saturated heterocycles. The molecule has 0 spiro atoms. The van der Waals surface area contributed by atoms with Gasteiger partial charge in [-0.3, -0.25) is 19.4 Å². The predicted octanol–water partition coefficient (Wildman–Crippen LogP) is 1.94. The number of carbonyl (C=O) groups is 2. The molecule has 160 valence electrons. The van der Waals surface area contributed by atoms with E-state index >= 15 is 0 Å². The van der Waals surface area contributed by atoms with E-state index in [0.29, 0.717) is 13.1 Å². The normalized spacial score (nSPS) is 14.9. The zero-order valence-corrected chi connectivity index (χ0v) is 18.2. The number of amides is 2. The largest absolute Gasteiger partial charge is 0.348 e. The van der Waals surface area contributed by atoms with Crippen molar-refractivity contribution in [3.05, 3.63) is 71.8 Å². The highest BCUT2D eigenvalue weighted by atomic mass is 16.2. The molecule has 1 aliphatic rings. The van der Waals surface area contributed by atoms with Gasteiger partial charge in [-0.1, -0.05) is 60.7 Å². The van der Waals surface area contributed by atoms with Crippen LogP contribution in [0.2, 0.25) is 0 Å². The number of rotatable bonds is 7. The van der Waals surface area contributed by atoms with Crippen LogP contribution in [-0.2, 0) is 9.59 Å². The van der Waals surface area contributed by atoms with Gasteiger partial charge < -0.3 is 9.80 Å². The molecular weight excluding hydrogens is 376 g/mol. The molecule has 6 nitrogen and oxygen atoms in total. The van der Waals surface area contributed by atoms with E-state index in [4.69, 9.17) is 0 Å². The minimum atomic E-state index is 0.00341. The maximum absolute atomic E-state index is 12.7. The lowest BCUT2D eigenvalue weighted by atomic mass is 9.96. The first-order valence-corrected chi connectivity index (χ1v) is 10.5. The number of benzene rings is 2. The van der Waals surface area contributed by atoms with Gasteiger partial charge in [0.2, 0.25) is 11.8 Å². The first-order chi connectivity index (χ1) is 14.5. The number of piperazine rings is 1. The van der Waals surface area contributed by atoms with Crippen LogP contribution in [0, 0.1) is 0 Å². The molecule has 0 aliphatic carbocycles. The average molecular weight is 409 g/mol. The summed E-state index contributed by atoms with van der Waals surface area (Å²) in [5.74, 6) is 0.0864. The molecule has 2 aromatic rings. The van der Waals surface area contributed by atoms with E-state index in [-0.39, 0.29) is 30.9 Å². The van der Waals surface area contributed by atoms with Crippen molar-refractivity contribution >= 4 is 11.8 Å². The van der Waals surface area contributed by atoms with Gasteiger partial charge >= 0.3 is 0 Å². The van der Waals surface area contributed by atoms with Gasteiger partial charge in [-0.2, -0.15) is 0 Å². The molecule has 3 rings (SSSR count). The predicted molar refractivity (Wildman–Crippen MR) is 119 cm³/mol. The summed E-state index contributed by atoms with van der Waals surface area (Å²) in [5.41, 5.74) is 2.54. The monoisotopic (exact) mass is 408 g/mol. The van der Waals surface area contributed by atoms with E-state index in [1.54, 1.807) is 23.9 Å². The molecule has 2 aromatic carbocycles. The van der Waals surface area contributed by atoms with Crippen LogP contribution in [0.5, 0.6) is 0 Å². The van der Waals surface area contributed by atoms with Crippen LogP contribution in [0.1, 0.15) is 17.2 Å². The fourth-order valence-corrected chi connectivity index (χ4v) is 3.87. The van der Waals surface area contributed by atoms with Gasteiger partial charge in [0.15, 0.2) is 0 Å². The van der Waals surface area contributed by atoms with Gasteiger partial charge in [0.25, 0.3) is 0 Å². The van der Waals surface area contributed by atoms with Gasteiger partial charge in [0, 0.05) is 40.3 Å². The fraction of sp³-hybridized carbons (Fsp3) is 0.417. The molecule has 6 heteroatoms. The van der Waals surface area contributed by atoms with Crippen molar-refractivity contribution in [2.45, 2.75) is 6.04 Å². The molecule has 1 fully saturated rings. The first-order valence-electron chi connectivity index (χ1n) is 10.5. The van der Waals surface area contributed by atoms with Crippen molar-refractivity contribution in [1.29, 1.82) is 0 Å². The standard InChI is InChI=1S/C24H32N4O2/c1-25(2)22(29)18-26(3)19-23(30)27-14-16-28(17-15-27)24(20-10-6-4-7-11-20)21-12-8-5-9-13-21/h4-13,24H,14-19H2,1-3H3. The third-order valence-corrected chi connectivity index (χ3v) is 5.57. The fourth-order valence-electron chi connectivity index (χ4n) is 3.87. The van der Waals surface area contributed by atoms with Crippen molar-refractivity contribution in [2.75, 3.05) is 60.4 Å². The Labute approximate surface area is 179 Å². The summed E-state index contributed by atoms with van der Waals surface area (Å²) in [7, 11) is 5.27. The second-order valence-corrected chi connectivity index (χ2v) is 8.10. The minimum Gasteiger partial charge on any atom is -0.348 e. The van der Waals surface area contributed by atoms with Gasteiger partial charge in [-0.25, -0.2) is 0 Å². The number of carbonyl (C=O) groups excluding carboxylic acids is 2. The van der Waals surface area contributed by atoms with Gasteiger partial charge in [0.1, 0.15) is 0 Å². The topological polar surface area (TPSA) is 47.1 Å². The molecule has 0 bridgehead atoms. The van der Waals surface area contributed by atoms with Crippen molar-refractivity contribution in [2.24, 2.45) is 0 Å². The van der Waals surface area contributed by atoms with E-state index in [1.807, 2.05) is 24.1 Å². The number of hydrogen-bond donors (Lipinski definition) is 0. The van der Waals surface area contributed by atoms with Crippen LogP contribution >= 0.6 is 0 Å². The van der Waals surface area contributed by atoms with Crippen LogP contribution in [0.25, 0.3) is 0 Å². The van der Waals surface area contributed by atoms with Gasteiger partial charge in [0.05, 0.1) is 19.1 Å². The summed E-state index contributed by atoms with van der Waals surface area (Å²) in [6.07, 6.45) is 0. The van der Waals surface area contributed by atoms with Crippen LogP contribution in [0.3, 0.4) is 0 Å². The highest BCUT2D eigenvalue weighted by Crippen LogP contribution is 2.29. The molecule has 0 unspecified atom stereocenters. The van der Waals surface area contributed by atoms with Crippen LogP contribution < -0.4 is 0 Å². The van der Waals surface area contributed by atoms with E-state index in [1.165, 1.54) is 11.1 Å². The van der Waals surface area contributed by atoms with Crippen molar-refractivity contribution < 1.29 is 9.59 Å². The molecule has 0 radical (unpaired) electrons. The van der Waals surface area contributed by atoms with E-state index < -0.39 is 0 Å². The minimum absolute atomic E-state index is 0.00341. The molecule has 0 atom stereocenters. The van der Waals surface area contributed by atoms with Gasteiger partial charge in [-0.05, 0) is 18.2 Å². The number of nitrogens with zero attached hydrogens (tertiary/aromatic N) is 4. The van der Waals surface area contributed by atoms with Gasteiger partial charge in [-0.15, -0.1) is 0 Å². The Balaban J connectivity index is 1.61. The molecule has 0 aromatic heterocycles. The lowest BCUT2D eigenvalue weighted by molar-refractivity contribution is -0.135. The summed E-state index contributed by atoms with van der Waals surface area (Å²) in [6, 6.07) is 21.3. The van der Waals surface area contributed by atoms with Crippen molar-refractivity contribution in [3.8, 4) is 0 Å². The first kappa shape index (κ1) is 22.0. The lowest BCUT2D eigenvalue weighted by Crippen LogP contribution is -2.52. The van der Waals surface area contributed by atoms with Crippen molar-refractivity contribution in [1.82, 2.24) is 19.6 Å². The molecular formula is C24H32N4O2. The van der Waals surface area contributed by atoms with Crippen LogP contribution in [0.4, 0.5) is 0 Å². The Morgan fingerprint density at radius 2 is 1.30 bits per heavy atom. The van der Waals surface area contributed by atoms with Crippen LogP contribution in [-0.4, -0.2) is 91.8 Å². The zero-order valence-electron chi connectivity index (χ0n) is 18.2. The highest BCUT2D eigenvalue weighted by Gasteiger charge is 2.28. The van der Waals surface area contributed by atoms with E-state index in [2.05, 4.69) is 53.4 Å². The Hall–Kier alpha value is -2.70. The highest BCUT2D eigenvalue weighted by molar-refractivity contribution is 5.81. The maximum atomic E-state index is 12.7. The molecule has 2 amide bonds. The third kappa shape index (κ3) is 5.68. The molecule has 1 aliphatic heterocycles. The summed E-state index contributed by atoms with van der Waals surface area (Å²) >= 11 is 0. The summed E-state index contributed by atoms with van der Waals surface area (Å²) in [5, 5.41) is 0. The second kappa shape index (κ2) is 10.4. The molecule has 30 heavy (non-hydrogen) atoms. The number of hydrogen-bond acceptors (Lipinski definition) is 4.